The molecule has 4 heteroatoms. The Morgan fingerprint density at radius 2 is 2.00 bits per heavy atom. The molecule has 1 aromatic carbocycles. The summed E-state index contributed by atoms with van der Waals surface area (Å²) in [5.41, 5.74) is 4.99. The summed E-state index contributed by atoms with van der Waals surface area (Å²) in [5, 5.41) is 1.01. The normalized spacial score (nSPS) is 10.8. The van der Waals surface area contributed by atoms with Crippen molar-refractivity contribution < 1.29 is 0 Å². The number of imidazole rings is 1. The molecule has 0 saturated carbocycles. The number of pyridine rings is 1. The van der Waals surface area contributed by atoms with Crippen LogP contribution in [0.5, 0.6) is 0 Å². The van der Waals surface area contributed by atoms with Gasteiger partial charge in [0.2, 0.25) is 0 Å². The summed E-state index contributed by atoms with van der Waals surface area (Å²) in [5.74, 6) is 0.871. The summed E-state index contributed by atoms with van der Waals surface area (Å²) in [4.78, 5) is 8.63. The molecule has 0 saturated heterocycles. The van der Waals surface area contributed by atoms with E-state index >= 15 is 0 Å². The van der Waals surface area contributed by atoms with Crippen LogP contribution in [0.2, 0.25) is 0 Å². The van der Waals surface area contributed by atoms with E-state index in [2.05, 4.69) is 52.6 Å². The largest absolute Gasteiger partial charge is 0.295 e. The number of rotatable bonds is 4. The minimum atomic E-state index is 0.871. The first-order valence-electron chi connectivity index (χ1n) is 6.87. The highest BCUT2D eigenvalue weighted by atomic mass is 32.2. The third-order valence-electron chi connectivity index (χ3n) is 3.53. The molecule has 0 aliphatic rings. The maximum atomic E-state index is 4.48. The smallest absolute Gasteiger partial charge is 0.172 e. The van der Waals surface area contributed by atoms with Gasteiger partial charge in [0.25, 0.3) is 0 Å². The van der Waals surface area contributed by atoms with Gasteiger partial charge in [-0.05, 0) is 42.7 Å². The highest BCUT2D eigenvalue weighted by Crippen LogP contribution is 2.26. The molecule has 0 bridgehead atoms. The van der Waals surface area contributed by atoms with E-state index in [1.807, 2.05) is 24.7 Å². The number of nitrogens with zero attached hydrogens (tertiary/aromatic N) is 3. The van der Waals surface area contributed by atoms with Crippen LogP contribution >= 0.6 is 11.8 Å². The van der Waals surface area contributed by atoms with Crippen molar-refractivity contribution in [1.29, 1.82) is 0 Å². The SMILES string of the molecule is Cc1cccc(-n2ccnc2SCc2cccnc2)c1C. The van der Waals surface area contributed by atoms with Crippen LogP contribution in [0.1, 0.15) is 16.7 Å². The zero-order valence-corrected chi connectivity index (χ0v) is 13.0. The first-order valence-corrected chi connectivity index (χ1v) is 7.86. The van der Waals surface area contributed by atoms with E-state index in [4.69, 9.17) is 0 Å². The predicted molar refractivity (Wildman–Crippen MR) is 86.8 cm³/mol. The van der Waals surface area contributed by atoms with Crippen molar-refractivity contribution in [2.45, 2.75) is 24.8 Å². The standard InChI is InChI=1S/C17H17N3S/c1-13-5-3-7-16(14(13)2)20-10-9-19-17(20)21-12-15-6-4-8-18-11-15/h3-11H,12H2,1-2H3. The maximum Gasteiger partial charge on any atom is 0.172 e. The van der Waals surface area contributed by atoms with E-state index in [1.165, 1.54) is 22.4 Å². The minimum absolute atomic E-state index is 0.871. The van der Waals surface area contributed by atoms with Crippen LogP contribution in [0, 0.1) is 13.8 Å². The van der Waals surface area contributed by atoms with E-state index in [-0.39, 0.29) is 0 Å². The second-order valence-corrected chi connectivity index (χ2v) is 5.89. The number of hydrogen-bond donors (Lipinski definition) is 0. The third-order valence-corrected chi connectivity index (χ3v) is 4.57. The van der Waals surface area contributed by atoms with Gasteiger partial charge in [-0.3, -0.25) is 9.55 Å². The van der Waals surface area contributed by atoms with Gasteiger partial charge in [-0.25, -0.2) is 4.98 Å². The molecule has 3 aromatic rings. The number of thioether (sulfide) groups is 1. The zero-order valence-electron chi connectivity index (χ0n) is 12.2. The Labute approximate surface area is 129 Å². The molecule has 0 atom stereocenters. The van der Waals surface area contributed by atoms with Gasteiger partial charge < -0.3 is 0 Å². The fraction of sp³-hybridized carbons (Fsp3) is 0.176. The van der Waals surface area contributed by atoms with Crippen LogP contribution in [-0.2, 0) is 5.75 Å². The molecule has 21 heavy (non-hydrogen) atoms. The lowest BCUT2D eigenvalue weighted by atomic mass is 10.1. The summed E-state index contributed by atoms with van der Waals surface area (Å²) < 4.78 is 2.16. The molecule has 0 N–H and O–H groups in total. The first kappa shape index (κ1) is 13.9. The molecule has 3 rings (SSSR count). The molecule has 0 spiro atoms. The highest BCUT2D eigenvalue weighted by Gasteiger charge is 2.09. The Balaban J connectivity index is 1.86. The number of aromatic nitrogens is 3. The Morgan fingerprint density at radius 1 is 1.10 bits per heavy atom. The van der Waals surface area contributed by atoms with Gasteiger partial charge in [-0.1, -0.05) is 30.0 Å². The fourth-order valence-electron chi connectivity index (χ4n) is 2.21. The zero-order chi connectivity index (χ0) is 14.7. The lowest BCUT2D eigenvalue weighted by Crippen LogP contribution is -1.99. The van der Waals surface area contributed by atoms with Crippen LogP contribution < -0.4 is 0 Å². The number of aryl methyl sites for hydroxylation is 1. The topological polar surface area (TPSA) is 30.7 Å². The van der Waals surface area contributed by atoms with Gasteiger partial charge in [0.1, 0.15) is 0 Å². The van der Waals surface area contributed by atoms with Crippen molar-refractivity contribution in [3.8, 4) is 5.69 Å². The maximum absolute atomic E-state index is 4.48. The molecule has 0 unspecified atom stereocenters. The monoisotopic (exact) mass is 295 g/mol. The van der Waals surface area contributed by atoms with Crippen LogP contribution in [0.3, 0.4) is 0 Å². The Morgan fingerprint density at radius 3 is 2.81 bits per heavy atom. The Hall–Kier alpha value is -2.07. The summed E-state index contributed by atoms with van der Waals surface area (Å²) in [6.07, 6.45) is 7.57. The van der Waals surface area contributed by atoms with Crippen molar-refractivity contribution in [1.82, 2.24) is 14.5 Å². The van der Waals surface area contributed by atoms with E-state index < -0.39 is 0 Å². The van der Waals surface area contributed by atoms with Gasteiger partial charge in [-0.2, -0.15) is 0 Å². The summed E-state index contributed by atoms with van der Waals surface area (Å²) >= 11 is 1.73. The molecule has 0 amide bonds. The second-order valence-electron chi connectivity index (χ2n) is 4.95. The quantitative estimate of drug-likeness (QED) is 0.677. The van der Waals surface area contributed by atoms with Crippen LogP contribution in [-0.4, -0.2) is 14.5 Å². The molecule has 0 fully saturated rings. The van der Waals surface area contributed by atoms with Crippen molar-refractivity contribution >= 4 is 11.8 Å². The van der Waals surface area contributed by atoms with Gasteiger partial charge in [-0.15, -0.1) is 0 Å². The van der Waals surface area contributed by atoms with Gasteiger partial charge in [0.15, 0.2) is 5.16 Å². The van der Waals surface area contributed by atoms with Crippen molar-refractivity contribution in [3.63, 3.8) is 0 Å². The molecule has 3 nitrogen and oxygen atoms in total. The van der Waals surface area contributed by atoms with E-state index in [9.17, 15) is 0 Å². The average Bonchev–Trinajstić information content (AvgIpc) is 2.97. The fourth-order valence-corrected chi connectivity index (χ4v) is 3.11. The van der Waals surface area contributed by atoms with Gasteiger partial charge in [0, 0.05) is 30.5 Å². The van der Waals surface area contributed by atoms with Crippen LogP contribution in [0.25, 0.3) is 5.69 Å². The van der Waals surface area contributed by atoms with E-state index in [0.29, 0.717) is 0 Å². The highest BCUT2D eigenvalue weighted by molar-refractivity contribution is 7.98. The molecule has 0 aliphatic carbocycles. The molecule has 2 heterocycles. The van der Waals surface area contributed by atoms with Crippen molar-refractivity contribution in [2.24, 2.45) is 0 Å². The molecular weight excluding hydrogens is 278 g/mol. The number of hydrogen-bond acceptors (Lipinski definition) is 3. The van der Waals surface area contributed by atoms with Gasteiger partial charge >= 0.3 is 0 Å². The summed E-state index contributed by atoms with van der Waals surface area (Å²) in [7, 11) is 0. The van der Waals surface area contributed by atoms with E-state index in [1.54, 1.807) is 18.0 Å². The summed E-state index contributed by atoms with van der Waals surface area (Å²) in [6.45, 7) is 4.29. The molecule has 2 aromatic heterocycles. The molecule has 0 radical (unpaired) electrons. The van der Waals surface area contributed by atoms with Crippen molar-refractivity contribution in [2.75, 3.05) is 0 Å². The lowest BCUT2D eigenvalue weighted by molar-refractivity contribution is 0.885. The molecule has 0 aliphatic heterocycles. The summed E-state index contributed by atoms with van der Waals surface area (Å²) in [6, 6.07) is 10.4. The predicted octanol–water partition coefficient (Wildman–Crippen LogP) is 4.18. The average molecular weight is 295 g/mol. The van der Waals surface area contributed by atoms with Crippen LogP contribution in [0.15, 0.2) is 60.3 Å². The van der Waals surface area contributed by atoms with Crippen LogP contribution in [0.4, 0.5) is 0 Å². The lowest BCUT2D eigenvalue weighted by Gasteiger charge is -2.12. The minimum Gasteiger partial charge on any atom is -0.295 e. The Kier molecular flexibility index (Phi) is 4.06. The third kappa shape index (κ3) is 3.00. The Bertz CT molecular complexity index is 735. The van der Waals surface area contributed by atoms with E-state index in [0.717, 1.165) is 10.9 Å². The first-order chi connectivity index (χ1) is 10.3. The molecule has 106 valence electrons. The van der Waals surface area contributed by atoms with Crippen molar-refractivity contribution in [3.05, 3.63) is 71.8 Å². The number of benzene rings is 1. The second kappa shape index (κ2) is 6.14. The van der Waals surface area contributed by atoms with Gasteiger partial charge in [0.05, 0.1) is 5.69 Å². The molecular formula is C17H17N3S.